The van der Waals surface area contributed by atoms with Crippen LogP contribution in [0, 0.1) is 20.8 Å². The van der Waals surface area contributed by atoms with Gasteiger partial charge in [0.25, 0.3) is 0 Å². The first-order chi connectivity index (χ1) is 6.52. The molecule has 0 nitrogen and oxygen atoms in total. The Hall–Kier alpha value is -1.04. The highest BCUT2D eigenvalue weighted by Gasteiger charge is 2.02. The van der Waals surface area contributed by atoms with Gasteiger partial charge >= 0.3 is 0 Å². The third-order valence-corrected chi connectivity index (χ3v) is 2.27. The van der Waals surface area contributed by atoms with E-state index in [9.17, 15) is 0 Å². The lowest BCUT2D eigenvalue weighted by Crippen LogP contribution is -1.90. The minimum absolute atomic E-state index is 1.15. The van der Waals surface area contributed by atoms with E-state index in [1.165, 1.54) is 22.3 Å². The Labute approximate surface area is 88.7 Å². The zero-order chi connectivity index (χ0) is 11.3. The number of allylic oxidation sites excluding steroid dienone is 1. The third kappa shape index (κ3) is 3.02. The van der Waals surface area contributed by atoms with E-state index in [-0.39, 0.29) is 0 Å². The van der Waals surface area contributed by atoms with Crippen molar-refractivity contribution >= 4 is 5.57 Å². The Bertz CT molecular complexity index is 319. The SMILES string of the molecule is C=C(C)c1cc(C)cc(C)c1C.CC. The molecule has 0 aromatic heterocycles. The van der Waals surface area contributed by atoms with Crippen molar-refractivity contribution in [3.05, 3.63) is 41.0 Å². The van der Waals surface area contributed by atoms with Crippen LogP contribution in [0.5, 0.6) is 0 Å². The standard InChI is InChI=1S/C12H16.C2H6/c1-8(2)12-7-9(3)6-10(4)11(12)5;1-2/h6-7H,1H2,2-5H3;1-2H3. The Morgan fingerprint density at radius 3 is 2.00 bits per heavy atom. The van der Waals surface area contributed by atoms with Gasteiger partial charge in [0.05, 0.1) is 0 Å². The molecular weight excluding hydrogens is 168 g/mol. The maximum absolute atomic E-state index is 3.97. The molecule has 14 heavy (non-hydrogen) atoms. The highest BCUT2D eigenvalue weighted by Crippen LogP contribution is 2.21. The second kappa shape index (κ2) is 5.64. The minimum Gasteiger partial charge on any atom is -0.0955 e. The van der Waals surface area contributed by atoms with E-state index in [0.29, 0.717) is 0 Å². The van der Waals surface area contributed by atoms with Crippen molar-refractivity contribution in [2.45, 2.75) is 41.5 Å². The van der Waals surface area contributed by atoms with E-state index in [2.05, 4.69) is 46.4 Å². The molecule has 1 aromatic carbocycles. The summed E-state index contributed by atoms with van der Waals surface area (Å²) in [4.78, 5) is 0. The first kappa shape index (κ1) is 13.0. The second-order valence-electron chi connectivity index (χ2n) is 3.53. The van der Waals surface area contributed by atoms with Gasteiger partial charge in [0.1, 0.15) is 0 Å². The summed E-state index contributed by atoms with van der Waals surface area (Å²) in [7, 11) is 0. The number of aryl methyl sites for hydroxylation is 2. The zero-order valence-electron chi connectivity index (χ0n) is 10.4. The molecular formula is C14H22. The predicted octanol–water partition coefficient (Wildman–Crippen LogP) is 4.67. The van der Waals surface area contributed by atoms with Crippen molar-refractivity contribution in [3.8, 4) is 0 Å². The molecule has 0 fully saturated rings. The first-order valence-corrected chi connectivity index (χ1v) is 5.26. The molecule has 0 unspecified atom stereocenters. The Kier molecular flexibility index (Phi) is 5.22. The second-order valence-corrected chi connectivity index (χ2v) is 3.53. The van der Waals surface area contributed by atoms with Crippen molar-refractivity contribution in [1.29, 1.82) is 0 Å². The maximum atomic E-state index is 3.97. The molecule has 0 aliphatic heterocycles. The molecule has 0 radical (unpaired) electrons. The smallest absolute Gasteiger partial charge is 0.0199 e. The largest absolute Gasteiger partial charge is 0.0955 e. The topological polar surface area (TPSA) is 0 Å². The number of benzene rings is 1. The fourth-order valence-electron chi connectivity index (χ4n) is 1.48. The van der Waals surface area contributed by atoms with Crippen molar-refractivity contribution in [1.82, 2.24) is 0 Å². The van der Waals surface area contributed by atoms with Crippen molar-refractivity contribution < 1.29 is 0 Å². The average Bonchev–Trinajstić information content (AvgIpc) is 2.14. The molecule has 0 saturated carbocycles. The highest BCUT2D eigenvalue weighted by atomic mass is 14.1. The quantitative estimate of drug-likeness (QED) is 0.603. The van der Waals surface area contributed by atoms with Crippen molar-refractivity contribution in [2.75, 3.05) is 0 Å². The highest BCUT2D eigenvalue weighted by molar-refractivity contribution is 5.66. The van der Waals surface area contributed by atoms with Gasteiger partial charge in [0, 0.05) is 0 Å². The summed E-state index contributed by atoms with van der Waals surface area (Å²) in [6, 6.07) is 4.41. The summed E-state index contributed by atoms with van der Waals surface area (Å²) in [6.45, 7) is 16.4. The summed E-state index contributed by atoms with van der Waals surface area (Å²) >= 11 is 0. The maximum Gasteiger partial charge on any atom is -0.0199 e. The molecule has 0 saturated heterocycles. The van der Waals surface area contributed by atoms with E-state index in [0.717, 1.165) is 5.57 Å². The first-order valence-electron chi connectivity index (χ1n) is 5.26. The molecule has 0 aliphatic rings. The fourth-order valence-corrected chi connectivity index (χ4v) is 1.48. The Morgan fingerprint density at radius 1 is 1.07 bits per heavy atom. The summed E-state index contributed by atoms with van der Waals surface area (Å²) in [6.07, 6.45) is 0. The fraction of sp³-hybridized carbons (Fsp3) is 0.429. The molecule has 0 spiro atoms. The van der Waals surface area contributed by atoms with Gasteiger partial charge < -0.3 is 0 Å². The van der Waals surface area contributed by atoms with E-state index in [1.807, 2.05) is 13.8 Å². The normalized spacial score (nSPS) is 9.00. The molecule has 78 valence electrons. The van der Waals surface area contributed by atoms with Gasteiger partial charge in [0.2, 0.25) is 0 Å². The van der Waals surface area contributed by atoms with Crippen LogP contribution in [-0.4, -0.2) is 0 Å². The van der Waals surface area contributed by atoms with Crippen LogP contribution in [0.1, 0.15) is 43.0 Å². The van der Waals surface area contributed by atoms with Crippen LogP contribution < -0.4 is 0 Å². The van der Waals surface area contributed by atoms with Crippen LogP contribution in [0.25, 0.3) is 5.57 Å². The van der Waals surface area contributed by atoms with Gasteiger partial charge in [-0.1, -0.05) is 43.7 Å². The van der Waals surface area contributed by atoms with Crippen LogP contribution in [0.4, 0.5) is 0 Å². The number of hydrogen-bond donors (Lipinski definition) is 0. The van der Waals surface area contributed by atoms with E-state index in [1.54, 1.807) is 0 Å². The van der Waals surface area contributed by atoms with Crippen LogP contribution >= 0.6 is 0 Å². The van der Waals surface area contributed by atoms with Crippen LogP contribution in [0.2, 0.25) is 0 Å². The molecule has 1 aromatic rings. The number of rotatable bonds is 1. The van der Waals surface area contributed by atoms with Crippen molar-refractivity contribution in [3.63, 3.8) is 0 Å². The van der Waals surface area contributed by atoms with Gasteiger partial charge in [-0.25, -0.2) is 0 Å². The molecule has 0 bridgehead atoms. The summed E-state index contributed by atoms with van der Waals surface area (Å²) in [5.41, 5.74) is 6.48. The summed E-state index contributed by atoms with van der Waals surface area (Å²) < 4.78 is 0. The number of hydrogen-bond acceptors (Lipinski definition) is 0. The lowest BCUT2D eigenvalue weighted by Gasteiger charge is -2.09. The van der Waals surface area contributed by atoms with Gasteiger partial charge in [-0.3, -0.25) is 0 Å². The van der Waals surface area contributed by atoms with Gasteiger partial charge in [0.15, 0.2) is 0 Å². The monoisotopic (exact) mass is 190 g/mol. The van der Waals surface area contributed by atoms with Crippen LogP contribution in [0.3, 0.4) is 0 Å². The summed E-state index contributed by atoms with van der Waals surface area (Å²) in [5, 5.41) is 0. The molecule has 1 rings (SSSR count). The molecule has 0 heterocycles. The van der Waals surface area contributed by atoms with Crippen LogP contribution in [0.15, 0.2) is 18.7 Å². The van der Waals surface area contributed by atoms with Gasteiger partial charge in [-0.15, -0.1) is 0 Å². The van der Waals surface area contributed by atoms with E-state index >= 15 is 0 Å². The zero-order valence-corrected chi connectivity index (χ0v) is 10.4. The van der Waals surface area contributed by atoms with Crippen molar-refractivity contribution in [2.24, 2.45) is 0 Å². The lowest BCUT2D eigenvalue weighted by molar-refractivity contribution is 1.27. The lowest BCUT2D eigenvalue weighted by atomic mass is 9.96. The molecule has 0 atom stereocenters. The van der Waals surface area contributed by atoms with Crippen LogP contribution in [-0.2, 0) is 0 Å². The Balaban J connectivity index is 0.000000791. The predicted molar refractivity (Wildman–Crippen MR) is 66.7 cm³/mol. The van der Waals surface area contributed by atoms with E-state index in [4.69, 9.17) is 0 Å². The molecule has 0 N–H and O–H groups in total. The van der Waals surface area contributed by atoms with Gasteiger partial charge in [-0.05, 0) is 44.4 Å². The third-order valence-electron chi connectivity index (χ3n) is 2.27. The van der Waals surface area contributed by atoms with Gasteiger partial charge in [-0.2, -0.15) is 0 Å². The molecule has 0 aliphatic carbocycles. The Morgan fingerprint density at radius 2 is 1.57 bits per heavy atom. The molecule has 0 amide bonds. The average molecular weight is 190 g/mol. The molecule has 0 heteroatoms. The summed E-state index contributed by atoms with van der Waals surface area (Å²) in [5.74, 6) is 0. The minimum atomic E-state index is 1.15. The van der Waals surface area contributed by atoms with E-state index < -0.39 is 0 Å².